The molecule has 0 aliphatic heterocycles. The average Bonchev–Trinajstić information content (AvgIpc) is 3.88. The Bertz CT molecular complexity index is 3400. The topological polar surface area (TPSA) is 62.4 Å². The summed E-state index contributed by atoms with van der Waals surface area (Å²) >= 11 is 0. The molecule has 11 rings (SSSR count). The third kappa shape index (κ3) is 4.51. The van der Waals surface area contributed by atoms with Crippen LogP contribution in [0.4, 0.5) is 0 Å². The van der Waals surface area contributed by atoms with Crippen LogP contribution in [0.3, 0.4) is 0 Å². The highest BCUT2D eigenvalue weighted by Gasteiger charge is 2.19. The van der Waals surface area contributed by atoms with Gasteiger partial charge in [-0.2, -0.15) is 10.5 Å². The summed E-state index contributed by atoms with van der Waals surface area (Å²) in [7, 11) is 0. The number of nitriles is 2. The van der Waals surface area contributed by atoms with E-state index in [0.717, 1.165) is 61.0 Å². The maximum atomic E-state index is 10.00. The number of benzene rings is 8. The maximum Gasteiger partial charge on any atom is 0.0992 e. The molecule has 55 heavy (non-hydrogen) atoms. The molecule has 0 fully saturated rings. The van der Waals surface area contributed by atoms with Crippen molar-refractivity contribution in [2.24, 2.45) is 0 Å². The van der Waals surface area contributed by atoms with Crippen molar-refractivity contribution in [2.45, 2.75) is 0 Å². The van der Waals surface area contributed by atoms with Gasteiger partial charge in [-0.05, 0) is 90.5 Å². The Morgan fingerprint density at radius 2 is 0.782 bits per heavy atom. The second-order valence-corrected chi connectivity index (χ2v) is 14.0. The van der Waals surface area contributed by atoms with E-state index in [1.54, 1.807) is 0 Å². The molecule has 0 spiro atoms. The van der Waals surface area contributed by atoms with Crippen LogP contribution in [0.15, 0.2) is 176 Å². The second-order valence-electron chi connectivity index (χ2n) is 14.0. The first kappa shape index (κ1) is 30.7. The molecular weight excluding hydrogens is 671 g/mol. The highest BCUT2D eigenvalue weighted by molar-refractivity contribution is 6.13. The Morgan fingerprint density at radius 3 is 1.38 bits per heavy atom. The summed E-state index contributed by atoms with van der Waals surface area (Å²) in [6.07, 6.45) is 0. The molecule has 8 aromatic carbocycles. The largest absolute Gasteiger partial charge is 0.309 e. The molecule has 0 N–H and O–H groups in total. The van der Waals surface area contributed by atoms with E-state index in [0.29, 0.717) is 11.1 Å². The van der Waals surface area contributed by atoms with Gasteiger partial charge in [0.15, 0.2) is 0 Å². The van der Waals surface area contributed by atoms with Gasteiger partial charge >= 0.3 is 0 Å². The third-order valence-electron chi connectivity index (χ3n) is 11.1. The van der Waals surface area contributed by atoms with Crippen LogP contribution in [-0.4, -0.2) is 13.7 Å². The highest BCUT2D eigenvalue weighted by Crippen LogP contribution is 2.39. The Labute approximate surface area is 316 Å². The Morgan fingerprint density at radius 1 is 0.327 bits per heavy atom. The molecule has 0 saturated heterocycles. The molecule has 5 nitrogen and oxygen atoms in total. The van der Waals surface area contributed by atoms with Crippen molar-refractivity contribution >= 4 is 65.4 Å². The first-order chi connectivity index (χ1) is 27.2. The van der Waals surface area contributed by atoms with E-state index in [9.17, 15) is 10.5 Å². The van der Waals surface area contributed by atoms with E-state index >= 15 is 0 Å². The van der Waals surface area contributed by atoms with E-state index in [-0.39, 0.29) is 0 Å². The average molecular weight is 700 g/mol. The molecule has 3 heterocycles. The van der Waals surface area contributed by atoms with Gasteiger partial charge in [0.1, 0.15) is 0 Å². The van der Waals surface area contributed by atoms with Crippen LogP contribution in [0.25, 0.3) is 93.6 Å². The minimum Gasteiger partial charge on any atom is -0.309 e. The molecular formula is C50H29N5. The fraction of sp³-hybridized carbons (Fsp3) is 0. The van der Waals surface area contributed by atoms with Crippen LogP contribution in [0.2, 0.25) is 0 Å². The van der Waals surface area contributed by atoms with Crippen molar-refractivity contribution in [3.05, 3.63) is 187 Å². The maximum absolute atomic E-state index is 10.00. The monoisotopic (exact) mass is 699 g/mol. The lowest BCUT2D eigenvalue weighted by molar-refractivity contribution is 1.16. The van der Waals surface area contributed by atoms with Gasteiger partial charge in [-0.3, -0.25) is 0 Å². The molecule has 0 aliphatic rings. The van der Waals surface area contributed by atoms with Gasteiger partial charge in [-0.15, -0.1) is 0 Å². The van der Waals surface area contributed by atoms with Crippen LogP contribution in [0.5, 0.6) is 0 Å². The second kappa shape index (κ2) is 11.8. The number of nitrogens with zero attached hydrogens (tertiary/aromatic N) is 5. The fourth-order valence-corrected chi connectivity index (χ4v) is 8.70. The summed E-state index contributed by atoms with van der Waals surface area (Å²) in [5.41, 5.74) is 12.9. The zero-order valence-electron chi connectivity index (χ0n) is 29.5. The van der Waals surface area contributed by atoms with Gasteiger partial charge in [0, 0.05) is 49.3 Å². The quantitative estimate of drug-likeness (QED) is 0.184. The lowest BCUT2D eigenvalue weighted by atomic mass is 10.00. The first-order valence-electron chi connectivity index (χ1n) is 18.3. The molecule has 0 bridgehead atoms. The molecule has 254 valence electrons. The lowest BCUT2D eigenvalue weighted by Crippen LogP contribution is -1.99. The Kier molecular flexibility index (Phi) is 6.61. The predicted octanol–water partition coefficient (Wildman–Crippen LogP) is 12.4. The molecule has 5 heteroatoms. The van der Waals surface area contributed by atoms with Gasteiger partial charge in [0.25, 0.3) is 0 Å². The zero-order chi connectivity index (χ0) is 36.6. The molecule has 0 amide bonds. The van der Waals surface area contributed by atoms with E-state index in [2.05, 4.69) is 153 Å². The summed E-state index contributed by atoms with van der Waals surface area (Å²) in [6, 6.07) is 66.0. The molecule has 11 aromatic rings. The van der Waals surface area contributed by atoms with Crippen LogP contribution < -0.4 is 0 Å². The van der Waals surface area contributed by atoms with E-state index in [1.807, 2.05) is 48.5 Å². The minimum absolute atomic E-state index is 0.586. The van der Waals surface area contributed by atoms with Crippen LogP contribution in [0, 0.1) is 22.7 Å². The number of hydrogen-bond acceptors (Lipinski definition) is 2. The van der Waals surface area contributed by atoms with E-state index in [4.69, 9.17) is 0 Å². The van der Waals surface area contributed by atoms with Crippen LogP contribution in [-0.2, 0) is 0 Å². The number of aromatic nitrogens is 3. The van der Waals surface area contributed by atoms with Gasteiger partial charge in [0.2, 0.25) is 0 Å². The number of para-hydroxylation sites is 4. The summed E-state index contributed by atoms with van der Waals surface area (Å²) in [5, 5.41) is 26.9. The molecule has 0 radical (unpaired) electrons. The van der Waals surface area contributed by atoms with Gasteiger partial charge in [-0.1, -0.05) is 91.0 Å². The van der Waals surface area contributed by atoms with Crippen molar-refractivity contribution in [3.63, 3.8) is 0 Å². The smallest absolute Gasteiger partial charge is 0.0992 e. The Hall–Kier alpha value is -7.86. The van der Waals surface area contributed by atoms with Crippen LogP contribution in [0.1, 0.15) is 11.1 Å². The van der Waals surface area contributed by atoms with Gasteiger partial charge < -0.3 is 13.7 Å². The van der Waals surface area contributed by atoms with Crippen molar-refractivity contribution in [1.82, 2.24) is 13.7 Å². The number of hydrogen-bond donors (Lipinski definition) is 0. The third-order valence-corrected chi connectivity index (χ3v) is 11.1. The standard InChI is InChI=1S/C50H29N5/c51-30-32-18-25-48(55-47-16-8-3-11-39(47)41-24-17-33(31-52)28-50(41)55)42(27-32)34-19-21-35(22-20-34)53-46-15-7-4-12-40(46)43-29-36(23-26-49(43)53)54-44-13-5-1-9-37(44)38-10-2-6-14-45(38)54/h1-29H. The molecule has 0 atom stereocenters. The van der Waals surface area contributed by atoms with Crippen molar-refractivity contribution in [3.8, 4) is 40.3 Å². The summed E-state index contributed by atoms with van der Waals surface area (Å²) < 4.78 is 6.93. The Balaban J connectivity index is 1.08. The summed E-state index contributed by atoms with van der Waals surface area (Å²) in [5.74, 6) is 0. The van der Waals surface area contributed by atoms with Gasteiger partial charge in [0.05, 0.1) is 62.1 Å². The minimum atomic E-state index is 0.586. The normalized spacial score (nSPS) is 11.6. The van der Waals surface area contributed by atoms with E-state index < -0.39 is 0 Å². The number of fused-ring (bicyclic) bond motifs is 9. The van der Waals surface area contributed by atoms with E-state index in [1.165, 1.54) is 32.6 Å². The predicted molar refractivity (Wildman–Crippen MR) is 224 cm³/mol. The molecule has 3 aromatic heterocycles. The fourth-order valence-electron chi connectivity index (χ4n) is 8.70. The molecule has 0 aliphatic carbocycles. The SMILES string of the molecule is N#Cc1ccc(-n2c3ccccc3c3ccc(C#N)cc32)c(-c2ccc(-n3c4ccccc4c4cc(-n5c6ccccc6c6ccccc65)ccc43)cc2)c1. The lowest BCUT2D eigenvalue weighted by Gasteiger charge is -2.16. The van der Waals surface area contributed by atoms with Crippen molar-refractivity contribution in [2.75, 3.05) is 0 Å². The molecule has 0 saturated carbocycles. The summed E-state index contributed by atoms with van der Waals surface area (Å²) in [6.45, 7) is 0. The highest BCUT2D eigenvalue weighted by atomic mass is 15.0. The van der Waals surface area contributed by atoms with Crippen LogP contribution >= 0.6 is 0 Å². The first-order valence-corrected chi connectivity index (χ1v) is 18.3. The number of rotatable bonds is 4. The molecule has 0 unspecified atom stereocenters. The van der Waals surface area contributed by atoms with Crippen molar-refractivity contribution < 1.29 is 0 Å². The van der Waals surface area contributed by atoms with Crippen molar-refractivity contribution in [1.29, 1.82) is 10.5 Å². The van der Waals surface area contributed by atoms with Gasteiger partial charge in [-0.25, -0.2) is 0 Å². The summed E-state index contributed by atoms with van der Waals surface area (Å²) in [4.78, 5) is 0. The zero-order valence-corrected chi connectivity index (χ0v) is 29.5.